The first-order valence-electron chi connectivity index (χ1n) is 6.32. The fourth-order valence-corrected chi connectivity index (χ4v) is 1.80. The summed E-state index contributed by atoms with van der Waals surface area (Å²) in [4.78, 5) is 15.9. The highest BCUT2D eigenvalue weighted by Crippen LogP contribution is 2.26. The molecule has 1 aromatic carbocycles. The molecule has 1 amide bonds. The van der Waals surface area contributed by atoms with Gasteiger partial charge in [-0.1, -0.05) is 12.1 Å². The quantitative estimate of drug-likeness (QED) is 0.909. The van der Waals surface area contributed by atoms with Gasteiger partial charge in [0, 0.05) is 17.0 Å². The van der Waals surface area contributed by atoms with Crippen LogP contribution in [0.1, 0.15) is 20.8 Å². The molecule has 0 bridgehead atoms. The van der Waals surface area contributed by atoms with E-state index in [1.54, 1.807) is 19.4 Å². The van der Waals surface area contributed by atoms with E-state index in [4.69, 9.17) is 9.47 Å². The molecule has 0 aliphatic carbocycles. The number of ether oxygens (including phenoxy) is 2. The van der Waals surface area contributed by atoms with Gasteiger partial charge in [-0.25, -0.2) is 9.78 Å². The number of amides is 1. The molecule has 0 atom stereocenters. The highest BCUT2D eigenvalue weighted by Gasteiger charge is 2.16. The van der Waals surface area contributed by atoms with Crippen LogP contribution >= 0.6 is 0 Å². The Morgan fingerprint density at radius 1 is 1.30 bits per heavy atom. The van der Waals surface area contributed by atoms with Crippen molar-refractivity contribution in [2.75, 3.05) is 12.4 Å². The first-order valence-corrected chi connectivity index (χ1v) is 6.32. The molecule has 0 fully saturated rings. The molecule has 0 aliphatic rings. The van der Waals surface area contributed by atoms with Crippen molar-refractivity contribution in [3.8, 4) is 5.75 Å². The number of aromatic nitrogens is 1. The summed E-state index contributed by atoms with van der Waals surface area (Å²) in [6, 6.07) is 7.45. The summed E-state index contributed by atoms with van der Waals surface area (Å²) >= 11 is 0. The van der Waals surface area contributed by atoms with Gasteiger partial charge in [-0.3, -0.25) is 5.32 Å². The molecular formula is C15H18N2O3. The van der Waals surface area contributed by atoms with Crippen molar-refractivity contribution in [2.24, 2.45) is 0 Å². The van der Waals surface area contributed by atoms with Gasteiger partial charge in [-0.05, 0) is 32.9 Å². The lowest BCUT2D eigenvalue weighted by molar-refractivity contribution is 0.0635. The summed E-state index contributed by atoms with van der Waals surface area (Å²) < 4.78 is 10.5. The summed E-state index contributed by atoms with van der Waals surface area (Å²) in [5.41, 5.74) is -0.543. The molecule has 106 valence electrons. The van der Waals surface area contributed by atoms with E-state index in [0.717, 1.165) is 16.5 Å². The van der Waals surface area contributed by atoms with Crippen molar-refractivity contribution in [1.82, 2.24) is 4.98 Å². The van der Waals surface area contributed by atoms with Crippen LogP contribution < -0.4 is 10.1 Å². The van der Waals surface area contributed by atoms with E-state index in [2.05, 4.69) is 10.3 Å². The molecule has 5 nitrogen and oxygen atoms in total. The first kappa shape index (κ1) is 14.1. The molecular weight excluding hydrogens is 256 g/mol. The second kappa shape index (κ2) is 5.36. The number of hydrogen-bond donors (Lipinski definition) is 1. The van der Waals surface area contributed by atoms with Crippen molar-refractivity contribution in [1.29, 1.82) is 0 Å². The number of pyridine rings is 1. The molecule has 5 heteroatoms. The van der Waals surface area contributed by atoms with Crippen molar-refractivity contribution in [3.63, 3.8) is 0 Å². The van der Waals surface area contributed by atoms with Crippen LogP contribution in [0.3, 0.4) is 0 Å². The summed E-state index contributed by atoms with van der Waals surface area (Å²) in [6.07, 6.45) is 1.16. The first-order chi connectivity index (χ1) is 9.39. The van der Waals surface area contributed by atoms with Gasteiger partial charge in [0.2, 0.25) is 0 Å². The Labute approximate surface area is 117 Å². The molecule has 0 spiro atoms. The van der Waals surface area contributed by atoms with E-state index in [-0.39, 0.29) is 0 Å². The lowest BCUT2D eigenvalue weighted by Crippen LogP contribution is -2.27. The molecule has 0 aliphatic heterocycles. The number of carbonyl (C=O) groups is 1. The van der Waals surface area contributed by atoms with Gasteiger partial charge in [0.15, 0.2) is 0 Å². The molecule has 0 saturated carbocycles. The summed E-state index contributed by atoms with van der Waals surface area (Å²) in [7, 11) is 1.61. The van der Waals surface area contributed by atoms with Crippen molar-refractivity contribution in [3.05, 3.63) is 30.5 Å². The Kier molecular flexibility index (Phi) is 3.79. The number of nitrogens with zero attached hydrogens (tertiary/aromatic N) is 1. The third-order valence-electron chi connectivity index (χ3n) is 2.57. The zero-order valence-corrected chi connectivity index (χ0v) is 12.1. The average molecular weight is 274 g/mol. The van der Waals surface area contributed by atoms with Crippen LogP contribution in [-0.2, 0) is 4.74 Å². The van der Waals surface area contributed by atoms with Crippen molar-refractivity contribution < 1.29 is 14.3 Å². The Bertz CT molecular complexity index is 633. The zero-order valence-electron chi connectivity index (χ0n) is 12.1. The van der Waals surface area contributed by atoms with Gasteiger partial charge in [0.1, 0.15) is 17.2 Å². The maximum atomic E-state index is 11.7. The number of carbonyl (C=O) groups excluding carboxylic acids is 1. The lowest BCUT2D eigenvalue weighted by Gasteiger charge is -2.19. The predicted molar refractivity (Wildman–Crippen MR) is 78.2 cm³/mol. The van der Waals surface area contributed by atoms with Gasteiger partial charge in [-0.15, -0.1) is 0 Å². The zero-order chi connectivity index (χ0) is 14.8. The molecule has 0 radical (unpaired) electrons. The molecule has 0 unspecified atom stereocenters. The van der Waals surface area contributed by atoms with Crippen LogP contribution in [0.25, 0.3) is 10.8 Å². The van der Waals surface area contributed by atoms with Gasteiger partial charge >= 0.3 is 6.09 Å². The fraction of sp³-hybridized carbons (Fsp3) is 0.333. The van der Waals surface area contributed by atoms with Crippen LogP contribution in [0, 0.1) is 0 Å². The minimum atomic E-state index is -0.543. The Hall–Kier alpha value is -2.30. The third-order valence-corrected chi connectivity index (χ3v) is 2.57. The molecule has 1 N–H and O–H groups in total. The number of fused-ring (bicyclic) bond motifs is 1. The summed E-state index contributed by atoms with van der Waals surface area (Å²) in [5, 5.41) is 4.44. The van der Waals surface area contributed by atoms with Crippen molar-refractivity contribution >= 4 is 22.7 Å². The average Bonchev–Trinajstić information content (AvgIpc) is 2.35. The van der Waals surface area contributed by atoms with Crippen LogP contribution in [0.4, 0.5) is 10.6 Å². The van der Waals surface area contributed by atoms with Gasteiger partial charge in [0.25, 0.3) is 0 Å². The molecule has 20 heavy (non-hydrogen) atoms. The minimum absolute atomic E-state index is 0.427. The normalized spacial score (nSPS) is 11.2. The van der Waals surface area contributed by atoms with Crippen LogP contribution in [0.15, 0.2) is 30.5 Å². The largest absolute Gasteiger partial charge is 0.496 e. The number of nitrogens with one attached hydrogen (secondary N) is 1. The second-order valence-corrected chi connectivity index (χ2v) is 5.38. The topological polar surface area (TPSA) is 60.5 Å². The molecule has 0 saturated heterocycles. The predicted octanol–water partition coefficient (Wildman–Crippen LogP) is 3.59. The van der Waals surface area contributed by atoms with Gasteiger partial charge in [-0.2, -0.15) is 0 Å². The maximum absolute atomic E-state index is 11.7. The molecule has 2 rings (SSSR count). The summed E-state index contributed by atoms with van der Waals surface area (Å²) in [6.45, 7) is 5.43. The van der Waals surface area contributed by atoms with E-state index in [1.807, 2.05) is 39.0 Å². The van der Waals surface area contributed by atoms with E-state index in [9.17, 15) is 4.79 Å². The molecule has 1 aromatic heterocycles. The molecule has 2 aromatic rings. The van der Waals surface area contributed by atoms with Crippen LogP contribution in [-0.4, -0.2) is 23.8 Å². The number of rotatable bonds is 2. The minimum Gasteiger partial charge on any atom is -0.496 e. The van der Waals surface area contributed by atoms with Gasteiger partial charge in [0.05, 0.1) is 7.11 Å². The standard InChI is InChI=1S/C15H18N2O3/c1-15(2,3)20-14(18)17-13-8-11-10(9-16-13)6-5-7-12(11)19-4/h5-9H,1-4H3,(H,16,17,18). The smallest absolute Gasteiger partial charge is 0.413 e. The summed E-state index contributed by atoms with van der Waals surface area (Å²) in [5.74, 6) is 1.16. The lowest BCUT2D eigenvalue weighted by atomic mass is 10.1. The van der Waals surface area contributed by atoms with E-state index in [1.165, 1.54) is 0 Å². The third kappa shape index (κ3) is 3.38. The number of anilines is 1. The molecule has 1 heterocycles. The number of benzene rings is 1. The van der Waals surface area contributed by atoms with E-state index in [0.29, 0.717) is 5.82 Å². The van der Waals surface area contributed by atoms with E-state index < -0.39 is 11.7 Å². The maximum Gasteiger partial charge on any atom is 0.413 e. The fourth-order valence-electron chi connectivity index (χ4n) is 1.80. The van der Waals surface area contributed by atoms with E-state index >= 15 is 0 Å². The Balaban J connectivity index is 2.25. The van der Waals surface area contributed by atoms with Crippen molar-refractivity contribution in [2.45, 2.75) is 26.4 Å². The highest BCUT2D eigenvalue weighted by atomic mass is 16.6. The highest BCUT2D eigenvalue weighted by molar-refractivity contribution is 5.92. The van der Waals surface area contributed by atoms with Crippen LogP contribution in [0.5, 0.6) is 5.75 Å². The Morgan fingerprint density at radius 3 is 2.70 bits per heavy atom. The number of hydrogen-bond acceptors (Lipinski definition) is 4. The SMILES string of the molecule is COc1cccc2cnc(NC(=O)OC(C)(C)C)cc12. The van der Waals surface area contributed by atoms with Crippen LogP contribution in [0.2, 0.25) is 0 Å². The Morgan fingerprint density at radius 2 is 2.05 bits per heavy atom. The number of methoxy groups -OCH3 is 1. The van der Waals surface area contributed by atoms with Gasteiger partial charge < -0.3 is 9.47 Å². The monoisotopic (exact) mass is 274 g/mol. The second-order valence-electron chi connectivity index (χ2n) is 5.38.